The Kier molecular flexibility index (Phi) is 13.8. The highest BCUT2D eigenvalue weighted by atomic mass is 16.5. The fourth-order valence-electron chi connectivity index (χ4n) is 4.12. The van der Waals surface area contributed by atoms with Crippen LogP contribution >= 0.6 is 0 Å². The van der Waals surface area contributed by atoms with Gasteiger partial charge in [0.2, 0.25) is 0 Å². The van der Waals surface area contributed by atoms with Crippen molar-refractivity contribution in [2.45, 2.75) is 117 Å². The van der Waals surface area contributed by atoms with Gasteiger partial charge < -0.3 is 9.84 Å². The quantitative estimate of drug-likeness (QED) is 0.171. The third-order valence-corrected chi connectivity index (χ3v) is 6.16. The number of carboxylic acid groups (broad SMARTS) is 1. The van der Waals surface area contributed by atoms with Crippen molar-refractivity contribution in [1.29, 1.82) is 0 Å². The molecule has 4 nitrogen and oxygen atoms in total. The number of carboxylic acids is 1. The second-order valence-electron chi connectivity index (χ2n) is 9.04. The molecule has 0 aromatic rings. The predicted octanol–water partition coefficient (Wildman–Crippen LogP) is 6.92. The fraction of sp³-hybridized carbons (Fsp3) is 0.840. The molecule has 168 valence electrons. The molecular formula is C25H44O4. The van der Waals surface area contributed by atoms with Crippen molar-refractivity contribution in [2.75, 3.05) is 0 Å². The molecule has 0 aliphatic heterocycles. The standard InChI is InChI=1S/C25H44O4/c1-4-5-6-7-8-9-10-11-12-13-14-19-23(20(2)3)29-25(28)22-18-16-15-17-21(22)24(26)27/h15-16,20-23H,4-14,17-19H2,1-3H3,(H,26,27). The molecule has 0 aromatic carbocycles. The maximum absolute atomic E-state index is 12.6. The summed E-state index contributed by atoms with van der Waals surface area (Å²) in [6, 6.07) is 0. The first-order chi connectivity index (χ1) is 14.0. The van der Waals surface area contributed by atoms with Crippen molar-refractivity contribution < 1.29 is 19.4 Å². The molecule has 0 heterocycles. The van der Waals surface area contributed by atoms with Crippen LogP contribution in [0.2, 0.25) is 0 Å². The average molecular weight is 409 g/mol. The lowest BCUT2D eigenvalue weighted by atomic mass is 9.83. The number of ether oxygens (including phenoxy) is 1. The van der Waals surface area contributed by atoms with E-state index < -0.39 is 17.8 Å². The van der Waals surface area contributed by atoms with E-state index in [-0.39, 0.29) is 18.0 Å². The number of aliphatic carboxylic acids is 1. The minimum atomic E-state index is -0.900. The number of allylic oxidation sites excluding steroid dienone is 2. The van der Waals surface area contributed by atoms with E-state index in [1.165, 1.54) is 64.2 Å². The number of carbonyl (C=O) groups is 2. The topological polar surface area (TPSA) is 63.6 Å². The van der Waals surface area contributed by atoms with Gasteiger partial charge in [-0.1, -0.05) is 97.1 Å². The van der Waals surface area contributed by atoms with Gasteiger partial charge in [0.15, 0.2) is 0 Å². The third kappa shape index (κ3) is 10.9. The van der Waals surface area contributed by atoms with Gasteiger partial charge in [0.05, 0.1) is 11.8 Å². The Morgan fingerprint density at radius 2 is 1.34 bits per heavy atom. The van der Waals surface area contributed by atoms with E-state index in [2.05, 4.69) is 20.8 Å². The Morgan fingerprint density at radius 3 is 1.83 bits per heavy atom. The van der Waals surface area contributed by atoms with Crippen molar-refractivity contribution in [1.82, 2.24) is 0 Å². The molecule has 0 saturated carbocycles. The third-order valence-electron chi connectivity index (χ3n) is 6.16. The first kappa shape index (κ1) is 25.7. The van der Waals surface area contributed by atoms with Crippen molar-refractivity contribution >= 4 is 11.9 Å². The summed E-state index contributed by atoms with van der Waals surface area (Å²) in [7, 11) is 0. The molecule has 1 N–H and O–H groups in total. The average Bonchev–Trinajstić information content (AvgIpc) is 2.70. The number of rotatable bonds is 16. The van der Waals surface area contributed by atoms with E-state index in [1.54, 1.807) is 0 Å². The molecule has 0 radical (unpaired) electrons. The largest absolute Gasteiger partial charge is 0.481 e. The summed E-state index contributed by atoms with van der Waals surface area (Å²) >= 11 is 0. The summed E-state index contributed by atoms with van der Waals surface area (Å²) in [5.74, 6) is -2.17. The Labute approximate surface area is 178 Å². The molecule has 3 unspecified atom stereocenters. The van der Waals surface area contributed by atoms with Gasteiger partial charge >= 0.3 is 11.9 Å². The summed E-state index contributed by atoms with van der Waals surface area (Å²) in [6.45, 7) is 6.41. The summed E-state index contributed by atoms with van der Waals surface area (Å²) in [5, 5.41) is 9.38. The van der Waals surface area contributed by atoms with E-state index in [4.69, 9.17) is 4.74 Å². The zero-order valence-electron chi connectivity index (χ0n) is 19.0. The lowest BCUT2D eigenvalue weighted by Crippen LogP contribution is -2.35. The van der Waals surface area contributed by atoms with Gasteiger partial charge in [-0.05, 0) is 31.6 Å². The van der Waals surface area contributed by atoms with E-state index >= 15 is 0 Å². The molecule has 0 bridgehead atoms. The van der Waals surface area contributed by atoms with Crippen molar-refractivity contribution in [3.05, 3.63) is 12.2 Å². The van der Waals surface area contributed by atoms with Gasteiger partial charge in [-0.2, -0.15) is 0 Å². The van der Waals surface area contributed by atoms with Crippen LogP contribution in [0.5, 0.6) is 0 Å². The first-order valence-corrected chi connectivity index (χ1v) is 12.1. The molecule has 1 aliphatic carbocycles. The summed E-state index contributed by atoms with van der Waals surface area (Å²) < 4.78 is 5.79. The van der Waals surface area contributed by atoms with E-state index in [1.807, 2.05) is 12.2 Å². The van der Waals surface area contributed by atoms with Gasteiger partial charge in [-0.3, -0.25) is 9.59 Å². The number of hydrogen-bond donors (Lipinski definition) is 1. The van der Waals surface area contributed by atoms with Crippen LogP contribution in [0.4, 0.5) is 0 Å². The van der Waals surface area contributed by atoms with Crippen molar-refractivity contribution in [3.8, 4) is 0 Å². The van der Waals surface area contributed by atoms with E-state index in [0.717, 1.165) is 12.8 Å². The second-order valence-corrected chi connectivity index (χ2v) is 9.04. The van der Waals surface area contributed by atoms with Crippen LogP contribution in [-0.2, 0) is 14.3 Å². The first-order valence-electron chi connectivity index (χ1n) is 12.1. The highest BCUT2D eigenvalue weighted by molar-refractivity contribution is 5.81. The summed E-state index contributed by atoms with van der Waals surface area (Å²) in [6.07, 6.45) is 19.7. The van der Waals surface area contributed by atoms with Crippen molar-refractivity contribution in [2.24, 2.45) is 17.8 Å². The Bertz CT molecular complexity index is 483. The number of carbonyl (C=O) groups excluding carboxylic acids is 1. The highest BCUT2D eigenvalue weighted by Crippen LogP contribution is 2.28. The minimum Gasteiger partial charge on any atom is -0.481 e. The van der Waals surface area contributed by atoms with Crippen LogP contribution in [0.3, 0.4) is 0 Å². The van der Waals surface area contributed by atoms with Crippen LogP contribution in [0.25, 0.3) is 0 Å². The van der Waals surface area contributed by atoms with Gasteiger partial charge in [-0.25, -0.2) is 0 Å². The number of esters is 1. The van der Waals surface area contributed by atoms with Crippen LogP contribution in [0.15, 0.2) is 12.2 Å². The monoisotopic (exact) mass is 408 g/mol. The highest BCUT2D eigenvalue weighted by Gasteiger charge is 2.36. The molecule has 0 saturated heterocycles. The van der Waals surface area contributed by atoms with Crippen LogP contribution in [-0.4, -0.2) is 23.1 Å². The lowest BCUT2D eigenvalue weighted by molar-refractivity contribution is -0.164. The molecule has 0 aromatic heterocycles. The molecule has 4 heteroatoms. The van der Waals surface area contributed by atoms with Crippen LogP contribution in [0.1, 0.15) is 111 Å². The van der Waals surface area contributed by atoms with Gasteiger partial charge in [0.25, 0.3) is 0 Å². The maximum Gasteiger partial charge on any atom is 0.310 e. The molecule has 0 spiro atoms. The maximum atomic E-state index is 12.6. The Hall–Kier alpha value is -1.32. The van der Waals surface area contributed by atoms with Gasteiger partial charge in [-0.15, -0.1) is 0 Å². The molecule has 1 aliphatic rings. The molecule has 1 rings (SSSR count). The van der Waals surface area contributed by atoms with E-state index in [9.17, 15) is 14.7 Å². The van der Waals surface area contributed by atoms with Gasteiger partial charge in [0, 0.05) is 0 Å². The normalized spacial score (nSPS) is 20.0. The fourth-order valence-corrected chi connectivity index (χ4v) is 4.12. The lowest BCUT2D eigenvalue weighted by Gasteiger charge is -2.28. The van der Waals surface area contributed by atoms with E-state index in [0.29, 0.717) is 12.8 Å². The zero-order chi connectivity index (χ0) is 21.5. The zero-order valence-corrected chi connectivity index (χ0v) is 19.0. The van der Waals surface area contributed by atoms with Crippen molar-refractivity contribution in [3.63, 3.8) is 0 Å². The molecule has 3 atom stereocenters. The Balaban J connectivity index is 2.22. The summed E-state index contributed by atoms with van der Waals surface area (Å²) in [4.78, 5) is 24.0. The number of hydrogen-bond acceptors (Lipinski definition) is 3. The second kappa shape index (κ2) is 15.5. The predicted molar refractivity (Wildman–Crippen MR) is 119 cm³/mol. The molecular weight excluding hydrogens is 364 g/mol. The van der Waals surface area contributed by atoms with Crippen LogP contribution in [0, 0.1) is 17.8 Å². The summed E-state index contributed by atoms with van der Waals surface area (Å²) in [5.41, 5.74) is 0. The number of unbranched alkanes of at least 4 members (excludes halogenated alkanes) is 10. The minimum absolute atomic E-state index is 0.110. The molecule has 29 heavy (non-hydrogen) atoms. The van der Waals surface area contributed by atoms with Crippen LogP contribution < -0.4 is 0 Å². The molecule has 0 fully saturated rings. The SMILES string of the molecule is CCCCCCCCCCCCCC(OC(=O)C1CC=CCC1C(=O)O)C(C)C. The smallest absolute Gasteiger partial charge is 0.310 e. The Morgan fingerprint density at radius 1 is 0.862 bits per heavy atom. The van der Waals surface area contributed by atoms with Gasteiger partial charge in [0.1, 0.15) is 6.10 Å². The molecule has 0 amide bonds.